The largest absolute Gasteiger partial charge is 0.445 e. The topological polar surface area (TPSA) is 172 Å². The Morgan fingerprint density at radius 3 is 1.96 bits per heavy atom. The van der Waals surface area contributed by atoms with Crippen molar-refractivity contribution in [1.29, 1.82) is 0 Å². The van der Waals surface area contributed by atoms with E-state index >= 15 is 0 Å². The normalized spacial score (nSPS) is 18.4. The van der Waals surface area contributed by atoms with Gasteiger partial charge in [-0.3, -0.25) is 19.2 Å². The Hall–Kier alpha value is -4.94. The Labute approximate surface area is 286 Å². The van der Waals surface area contributed by atoms with Crippen molar-refractivity contribution < 1.29 is 38.2 Å². The van der Waals surface area contributed by atoms with Gasteiger partial charge in [-0.2, -0.15) is 0 Å². The molecule has 1 saturated heterocycles. The average molecular weight is 678 g/mol. The number of Topliss-reactive ketones (excluding diaryl/α,β-unsaturated/α-hetero) is 1. The Morgan fingerprint density at radius 1 is 0.816 bits per heavy atom. The summed E-state index contributed by atoms with van der Waals surface area (Å²) < 4.78 is 10.9. The number of ketones is 1. The van der Waals surface area contributed by atoms with Gasteiger partial charge < -0.3 is 35.6 Å². The van der Waals surface area contributed by atoms with Crippen molar-refractivity contribution in [2.75, 3.05) is 13.1 Å². The van der Waals surface area contributed by atoms with E-state index in [9.17, 15) is 28.8 Å². The smallest absolute Gasteiger partial charge is 0.410 e. The second kappa shape index (κ2) is 16.9. The van der Waals surface area contributed by atoms with E-state index in [2.05, 4.69) is 21.3 Å². The van der Waals surface area contributed by atoms with Crippen LogP contribution in [0.15, 0.2) is 60.7 Å². The highest BCUT2D eigenvalue weighted by Gasteiger charge is 2.44. The molecule has 2 fully saturated rings. The lowest BCUT2D eigenvalue weighted by Crippen LogP contribution is -2.58. The molecule has 4 rings (SSSR count). The quantitative estimate of drug-likeness (QED) is 0.221. The molecule has 0 bridgehead atoms. The van der Waals surface area contributed by atoms with Gasteiger partial charge >= 0.3 is 12.2 Å². The first kappa shape index (κ1) is 36.9. The highest BCUT2D eigenvalue weighted by molar-refractivity contribution is 6.38. The number of amides is 5. The molecule has 49 heavy (non-hydrogen) atoms. The summed E-state index contributed by atoms with van der Waals surface area (Å²) in [5.74, 6) is -3.67. The third-order valence-corrected chi connectivity index (χ3v) is 8.40. The zero-order valence-corrected chi connectivity index (χ0v) is 28.5. The van der Waals surface area contributed by atoms with E-state index in [4.69, 9.17) is 9.47 Å². The van der Waals surface area contributed by atoms with Gasteiger partial charge in [-0.05, 0) is 35.8 Å². The average Bonchev–Trinajstić information content (AvgIpc) is 3.80. The molecule has 0 aromatic heterocycles. The highest BCUT2D eigenvalue weighted by atomic mass is 16.6. The predicted molar refractivity (Wildman–Crippen MR) is 180 cm³/mol. The van der Waals surface area contributed by atoms with E-state index in [1.807, 2.05) is 55.5 Å². The van der Waals surface area contributed by atoms with Crippen LogP contribution in [0.1, 0.15) is 64.5 Å². The highest BCUT2D eigenvalue weighted by Crippen LogP contribution is 2.24. The molecule has 4 atom stereocenters. The van der Waals surface area contributed by atoms with Crippen LogP contribution in [0.25, 0.3) is 0 Å². The first-order chi connectivity index (χ1) is 23.3. The molecule has 0 spiro atoms. The summed E-state index contributed by atoms with van der Waals surface area (Å²) >= 11 is 0. The number of likely N-dealkylation sites (tertiary alicyclic amines) is 1. The van der Waals surface area contributed by atoms with Crippen molar-refractivity contribution in [3.8, 4) is 0 Å². The Morgan fingerprint density at radius 2 is 1.41 bits per heavy atom. The Kier molecular flexibility index (Phi) is 12.8. The third-order valence-electron chi connectivity index (χ3n) is 8.40. The van der Waals surface area contributed by atoms with E-state index in [0.717, 1.165) is 24.0 Å². The fourth-order valence-electron chi connectivity index (χ4n) is 5.48. The number of alkyl carbamates (subject to hydrolysis) is 1. The summed E-state index contributed by atoms with van der Waals surface area (Å²) in [4.78, 5) is 80.4. The van der Waals surface area contributed by atoms with Crippen LogP contribution in [0.5, 0.6) is 0 Å². The van der Waals surface area contributed by atoms with Gasteiger partial charge in [0.15, 0.2) is 0 Å². The maximum absolute atomic E-state index is 13.8. The number of carbonyl (C=O) groups is 6. The molecule has 1 heterocycles. The molecule has 2 aliphatic rings. The number of carbonyl (C=O) groups excluding carboxylic acids is 6. The summed E-state index contributed by atoms with van der Waals surface area (Å²) in [5.41, 5.74) is 0.782. The number of hydrogen-bond acceptors (Lipinski definition) is 8. The van der Waals surface area contributed by atoms with Crippen LogP contribution in [0.4, 0.5) is 9.59 Å². The lowest BCUT2D eigenvalue weighted by Gasteiger charge is -2.32. The van der Waals surface area contributed by atoms with E-state index in [1.54, 1.807) is 32.9 Å². The standard InChI is InChI=1S/C36H47N5O8/c1-5-12-27(29(42)32(44)37-25-17-18-25)38-31(43)26-19-41(35(47)49-22-24-15-10-7-11-16-24)20-28(26)39-33(45)30(36(2,3)4)40-34(46)48-21-23-13-8-6-9-14-23/h6-11,13-16,25-28,30H,5,12,17-22H2,1-4H3,(H,37,44)(H,38,43)(H,39,45)(H,40,46)/t26-,27?,28+,30?/m1/s1. The summed E-state index contributed by atoms with van der Waals surface area (Å²) in [7, 11) is 0. The van der Waals surface area contributed by atoms with Gasteiger partial charge in [0, 0.05) is 19.1 Å². The van der Waals surface area contributed by atoms with Gasteiger partial charge in [0.1, 0.15) is 19.3 Å². The summed E-state index contributed by atoms with van der Waals surface area (Å²) in [6, 6.07) is 15.1. The van der Waals surface area contributed by atoms with Crippen molar-refractivity contribution in [2.24, 2.45) is 11.3 Å². The van der Waals surface area contributed by atoms with Gasteiger partial charge in [-0.25, -0.2) is 9.59 Å². The van der Waals surface area contributed by atoms with Crippen LogP contribution in [-0.4, -0.2) is 77.8 Å². The minimum atomic E-state index is -1.07. The van der Waals surface area contributed by atoms with Crippen LogP contribution in [0, 0.1) is 11.3 Å². The predicted octanol–water partition coefficient (Wildman–Crippen LogP) is 3.21. The maximum atomic E-state index is 13.8. The second-order valence-electron chi connectivity index (χ2n) is 13.6. The first-order valence-corrected chi connectivity index (χ1v) is 16.7. The Balaban J connectivity index is 1.47. The number of hydrogen-bond donors (Lipinski definition) is 4. The number of rotatable bonds is 14. The molecule has 2 aromatic rings. The second-order valence-corrected chi connectivity index (χ2v) is 13.6. The minimum Gasteiger partial charge on any atom is -0.445 e. The monoisotopic (exact) mass is 677 g/mol. The molecule has 2 aromatic carbocycles. The van der Waals surface area contributed by atoms with Gasteiger partial charge in [0.05, 0.1) is 18.0 Å². The molecule has 264 valence electrons. The van der Waals surface area contributed by atoms with Gasteiger partial charge in [0.2, 0.25) is 17.6 Å². The number of nitrogens with zero attached hydrogens (tertiary/aromatic N) is 1. The van der Waals surface area contributed by atoms with Crippen molar-refractivity contribution in [3.05, 3.63) is 71.8 Å². The van der Waals surface area contributed by atoms with E-state index in [1.165, 1.54) is 4.90 Å². The molecule has 2 unspecified atom stereocenters. The molecule has 1 aliphatic heterocycles. The molecule has 1 aliphatic carbocycles. The van der Waals surface area contributed by atoms with Crippen molar-refractivity contribution >= 4 is 35.7 Å². The summed E-state index contributed by atoms with van der Waals surface area (Å²) in [6.07, 6.45) is 0.887. The molecular formula is C36H47N5O8. The lowest BCUT2D eigenvalue weighted by atomic mass is 9.86. The number of ether oxygens (including phenoxy) is 2. The van der Waals surface area contributed by atoms with Crippen LogP contribution < -0.4 is 21.3 Å². The maximum Gasteiger partial charge on any atom is 0.410 e. The van der Waals surface area contributed by atoms with Crippen LogP contribution in [-0.2, 0) is 41.9 Å². The lowest BCUT2D eigenvalue weighted by molar-refractivity contribution is -0.140. The summed E-state index contributed by atoms with van der Waals surface area (Å²) in [6.45, 7) is 6.98. The molecule has 13 heteroatoms. The van der Waals surface area contributed by atoms with Gasteiger partial charge in [-0.15, -0.1) is 0 Å². The van der Waals surface area contributed by atoms with E-state index < -0.39 is 65.1 Å². The number of benzene rings is 2. The van der Waals surface area contributed by atoms with Crippen LogP contribution >= 0.6 is 0 Å². The fourth-order valence-corrected chi connectivity index (χ4v) is 5.48. The molecule has 4 N–H and O–H groups in total. The zero-order valence-electron chi connectivity index (χ0n) is 28.5. The Bertz CT molecular complexity index is 1480. The van der Waals surface area contributed by atoms with Crippen molar-refractivity contribution in [1.82, 2.24) is 26.2 Å². The SMILES string of the molecule is CCCC(NC(=O)[C@@H]1CN(C(=O)OCc2ccccc2)C[C@@H]1NC(=O)C(NC(=O)OCc1ccccc1)C(C)(C)C)C(=O)C(=O)NC1CC1. The van der Waals surface area contributed by atoms with Crippen molar-refractivity contribution in [3.63, 3.8) is 0 Å². The van der Waals surface area contributed by atoms with Crippen LogP contribution in [0.3, 0.4) is 0 Å². The molecule has 1 saturated carbocycles. The third kappa shape index (κ3) is 11.0. The van der Waals surface area contributed by atoms with Crippen molar-refractivity contribution in [2.45, 2.75) is 90.8 Å². The van der Waals surface area contributed by atoms with Gasteiger partial charge in [-0.1, -0.05) is 94.8 Å². The fraction of sp³-hybridized carbons (Fsp3) is 0.500. The molecular weight excluding hydrogens is 630 g/mol. The van der Waals surface area contributed by atoms with E-state index in [-0.39, 0.29) is 38.8 Å². The zero-order chi connectivity index (χ0) is 35.6. The number of nitrogens with one attached hydrogen (secondary N) is 4. The van der Waals surface area contributed by atoms with Crippen LogP contribution in [0.2, 0.25) is 0 Å². The minimum absolute atomic E-state index is 0.00635. The first-order valence-electron chi connectivity index (χ1n) is 16.7. The molecule has 5 amide bonds. The van der Waals surface area contributed by atoms with E-state index in [0.29, 0.717) is 6.42 Å². The van der Waals surface area contributed by atoms with Gasteiger partial charge in [0.25, 0.3) is 5.91 Å². The molecule has 13 nitrogen and oxygen atoms in total. The molecule has 0 radical (unpaired) electrons. The summed E-state index contributed by atoms with van der Waals surface area (Å²) in [5, 5.41) is 10.9.